The largest absolute Gasteiger partial charge is 0.340 e. The lowest BCUT2D eigenvalue weighted by atomic mass is 10.2. The van der Waals surface area contributed by atoms with Gasteiger partial charge in [-0.3, -0.25) is 4.79 Å². The Labute approximate surface area is 97.4 Å². The van der Waals surface area contributed by atoms with Crippen LogP contribution in [0.25, 0.3) is 10.9 Å². The number of Topliss-reactive ketones (excluding diaryl/α,β-unsaturated/α-hetero) is 1. The van der Waals surface area contributed by atoms with E-state index in [1.165, 1.54) is 0 Å². The van der Waals surface area contributed by atoms with Gasteiger partial charge in [0.1, 0.15) is 5.78 Å². The lowest BCUT2D eigenvalue weighted by Gasteiger charge is -2.03. The Kier molecular flexibility index (Phi) is 2.72. The molecule has 0 aliphatic heterocycles. The zero-order chi connectivity index (χ0) is 11.0. The van der Waals surface area contributed by atoms with Crippen LogP contribution in [0.4, 0.5) is 0 Å². The van der Waals surface area contributed by atoms with E-state index >= 15 is 0 Å². The molecule has 0 saturated heterocycles. The Balaban J connectivity index is 2.63. The van der Waals surface area contributed by atoms with E-state index in [1.54, 1.807) is 13.0 Å². The quantitative estimate of drug-likeness (QED) is 0.789. The van der Waals surface area contributed by atoms with Crippen LogP contribution in [0, 0.1) is 0 Å². The molecule has 1 heterocycles. The Bertz CT molecular complexity index is 531. The molecule has 0 saturated carbocycles. The Morgan fingerprint density at radius 3 is 2.80 bits per heavy atom. The minimum atomic E-state index is 0.101. The van der Waals surface area contributed by atoms with Crippen LogP contribution in [-0.4, -0.2) is 10.4 Å². The zero-order valence-corrected chi connectivity index (χ0v) is 9.64. The van der Waals surface area contributed by atoms with Gasteiger partial charge in [0.05, 0.1) is 17.1 Å². The number of benzene rings is 1. The van der Waals surface area contributed by atoms with Crippen molar-refractivity contribution in [3.8, 4) is 0 Å². The van der Waals surface area contributed by atoms with Crippen molar-refractivity contribution in [1.29, 1.82) is 0 Å². The van der Waals surface area contributed by atoms with Gasteiger partial charge in [0.25, 0.3) is 0 Å². The SMILES string of the molecule is CC(=O)Cn1ccc2c(Cl)cc(Cl)cc21. The van der Waals surface area contributed by atoms with Crippen molar-refractivity contribution in [2.45, 2.75) is 13.5 Å². The van der Waals surface area contributed by atoms with Crippen molar-refractivity contribution in [3.63, 3.8) is 0 Å². The number of aromatic nitrogens is 1. The molecule has 0 atom stereocenters. The molecule has 0 bridgehead atoms. The average Bonchev–Trinajstić information content (AvgIpc) is 2.48. The van der Waals surface area contributed by atoms with Gasteiger partial charge in [-0.25, -0.2) is 0 Å². The van der Waals surface area contributed by atoms with E-state index in [4.69, 9.17) is 23.2 Å². The average molecular weight is 242 g/mol. The van der Waals surface area contributed by atoms with Crippen molar-refractivity contribution in [2.75, 3.05) is 0 Å². The monoisotopic (exact) mass is 241 g/mol. The van der Waals surface area contributed by atoms with Gasteiger partial charge in [0.2, 0.25) is 0 Å². The molecule has 0 amide bonds. The van der Waals surface area contributed by atoms with Crippen molar-refractivity contribution in [3.05, 3.63) is 34.4 Å². The number of carbonyl (C=O) groups excluding carboxylic acids is 1. The normalized spacial score (nSPS) is 10.9. The van der Waals surface area contributed by atoms with Crippen molar-refractivity contribution in [2.24, 2.45) is 0 Å². The fraction of sp³-hybridized carbons (Fsp3) is 0.182. The third-order valence-electron chi connectivity index (χ3n) is 2.20. The Hall–Kier alpha value is -0.990. The first-order valence-corrected chi connectivity index (χ1v) is 5.27. The molecule has 78 valence electrons. The Morgan fingerprint density at radius 2 is 2.13 bits per heavy atom. The number of hydrogen-bond acceptors (Lipinski definition) is 1. The highest BCUT2D eigenvalue weighted by Gasteiger charge is 2.07. The van der Waals surface area contributed by atoms with Crippen LogP contribution in [0.2, 0.25) is 10.0 Å². The van der Waals surface area contributed by atoms with Crippen LogP contribution in [-0.2, 0) is 11.3 Å². The van der Waals surface area contributed by atoms with Gasteiger partial charge in [-0.15, -0.1) is 0 Å². The molecular formula is C11H9Cl2NO. The molecule has 0 N–H and O–H groups in total. The molecule has 2 rings (SSSR count). The maximum absolute atomic E-state index is 11.0. The lowest BCUT2D eigenvalue weighted by molar-refractivity contribution is -0.117. The van der Waals surface area contributed by atoms with Crippen LogP contribution in [0.15, 0.2) is 24.4 Å². The van der Waals surface area contributed by atoms with Gasteiger partial charge >= 0.3 is 0 Å². The summed E-state index contributed by atoms with van der Waals surface area (Å²) in [5, 5.41) is 2.11. The van der Waals surface area contributed by atoms with Gasteiger partial charge < -0.3 is 4.57 Å². The second-order valence-corrected chi connectivity index (χ2v) is 4.31. The predicted molar refractivity (Wildman–Crippen MR) is 62.6 cm³/mol. The number of halogens is 2. The molecule has 0 spiro atoms. The molecular weight excluding hydrogens is 233 g/mol. The summed E-state index contributed by atoms with van der Waals surface area (Å²) in [6.07, 6.45) is 1.84. The standard InChI is InChI=1S/C11H9Cl2NO/c1-7(15)6-14-3-2-9-10(13)4-8(12)5-11(9)14/h2-5H,6H2,1H3. The fourth-order valence-electron chi connectivity index (χ4n) is 1.60. The summed E-state index contributed by atoms with van der Waals surface area (Å²) in [6.45, 7) is 1.90. The maximum Gasteiger partial charge on any atom is 0.149 e. The summed E-state index contributed by atoms with van der Waals surface area (Å²) >= 11 is 11.9. The molecule has 1 aromatic heterocycles. The molecule has 0 radical (unpaired) electrons. The first-order valence-electron chi connectivity index (χ1n) is 4.51. The van der Waals surface area contributed by atoms with E-state index in [-0.39, 0.29) is 5.78 Å². The topological polar surface area (TPSA) is 22.0 Å². The van der Waals surface area contributed by atoms with Gasteiger partial charge in [0, 0.05) is 16.6 Å². The van der Waals surface area contributed by atoms with Crippen LogP contribution < -0.4 is 0 Å². The minimum absolute atomic E-state index is 0.101. The third-order valence-corrected chi connectivity index (χ3v) is 2.73. The number of carbonyl (C=O) groups is 1. The third kappa shape index (κ3) is 2.01. The second kappa shape index (κ2) is 3.87. The summed E-state index contributed by atoms with van der Waals surface area (Å²) in [7, 11) is 0. The number of fused-ring (bicyclic) bond motifs is 1. The van der Waals surface area contributed by atoms with Gasteiger partial charge in [-0.1, -0.05) is 23.2 Å². The number of rotatable bonds is 2. The van der Waals surface area contributed by atoms with E-state index in [0.717, 1.165) is 10.9 Å². The molecule has 0 aliphatic carbocycles. The van der Waals surface area contributed by atoms with Crippen LogP contribution in [0.5, 0.6) is 0 Å². The molecule has 2 nitrogen and oxygen atoms in total. The second-order valence-electron chi connectivity index (χ2n) is 3.47. The van der Waals surface area contributed by atoms with Crippen molar-refractivity contribution in [1.82, 2.24) is 4.57 Å². The van der Waals surface area contributed by atoms with E-state index in [1.807, 2.05) is 22.9 Å². The van der Waals surface area contributed by atoms with Gasteiger partial charge in [-0.2, -0.15) is 0 Å². The van der Waals surface area contributed by atoms with Crippen LogP contribution >= 0.6 is 23.2 Å². The summed E-state index contributed by atoms with van der Waals surface area (Å²) < 4.78 is 1.84. The van der Waals surface area contributed by atoms with Gasteiger partial charge in [0.15, 0.2) is 0 Å². The minimum Gasteiger partial charge on any atom is -0.340 e. The van der Waals surface area contributed by atoms with E-state index in [0.29, 0.717) is 16.6 Å². The molecule has 2 aromatic rings. The first kappa shape index (κ1) is 10.5. The van der Waals surface area contributed by atoms with E-state index in [9.17, 15) is 4.79 Å². The van der Waals surface area contributed by atoms with Crippen LogP contribution in [0.1, 0.15) is 6.92 Å². The molecule has 4 heteroatoms. The zero-order valence-electron chi connectivity index (χ0n) is 8.13. The molecule has 15 heavy (non-hydrogen) atoms. The summed E-state index contributed by atoms with van der Waals surface area (Å²) in [6, 6.07) is 5.40. The van der Waals surface area contributed by atoms with E-state index < -0.39 is 0 Å². The summed E-state index contributed by atoms with van der Waals surface area (Å²) in [5.41, 5.74) is 0.891. The van der Waals surface area contributed by atoms with Gasteiger partial charge in [-0.05, 0) is 25.1 Å². The fourth-order valence-corrected chi connectivity index (χ4v) is 2.14. The molecule has 0 fully saturated rings. The number of nitrogens with zero attached hydrogens (tertiary/aromatic N) is 1. The molecule has 0 unspecified atom stereocenters. The van der Waals surface area contributed by atoms with E-state index in [2.05, 4.69) is 0 Å². The maximum atomic E-state index is 11.0. The summed E-state index contributed by atoms with van der Waals surface area (Å²) in [4.78, 5) is 11.0. The smallest absolute Gasteiger partial charge is 0.149 e. The molecule has 0 aliphatic rings. The summed E-state index contributed by atoms with van der Waals surface area (Å²) in [5.74, 6) is 0.101. The number of ketones is 1. The molecule has 1 aromatic carbocycles. The first-order chi connectivity index (χ1) is 7.08. The highest BCUT2D eigenvalue weighted by molar-refractivity contribution is 6.38. The highest BCUT2D eigenvalue weighted by atomic mass is 35.5. The van der Waals surface area contributed by atoms with Crippen molar-refractivity contribution >= 4 is 39.9 Å². The number of hydrogen-bond donors (Lipinski definition) is 0. The Morgan fingerprint density at radius 1 is 1.40 bits per heavy atom. The van der Waals surface area contributed by atoms with Crippen molar-refractivity contribution < 1.29 is 4.79 Å². The lowest BCUT2D eigenvalue weighted by Crippen LogP contribution is -2.04. The highest BCUT2D eigenvalue weighted by Crippen LogP contribution is 2.28. The predicted octanol–water partition coefficient (Wildman–Crippen LogP) is 3.54. The van der Waals surface area contributed by atoms with Crippen LogP contribution in [0.3, 0.4) is 0 Å².